The Kier molecular flexibility index (Phi) is 4.44. The van der Waals surface area contributed by atoms with Gasteiger partial charge in [-0.2, -0.15) is 0 Å². The third-order valence-electron chi connectivity index (χ3n) is 2.38. The third kappa shape index (κ3) is 3.41. The number of imide groups is 1. The lowest BCUT2D eigenvalue weighted by Gasteiger charge is -2.17. The number of amides is 3. The van der Waals surface area contributed by atoms with Gasteiger partial charge in [-0.1, -0.05) is 24.3 Å². The second kappa shape index (κ2) is 5.66. The number of carbonyl (C=O) groups excluding carboxylic acids is 2. The fraction of sp³-hybridized carbons (Fsp3) is 0.167. The van der Waals surface area contributed by atoms with Crippen LogP contribution in [0.3, 0.4) is 0 Å². The summed E-state index contributed by atoms with van der Waals surface area (Å²) in [7, 11) is -2.90. The number of nitrogens with zero attached hydrogens (tertiary/aromatic N) is 1. The van der Waals surface area contributed by atoms with Crippen LogP contribution in [-0.4, -0.2) is 31.7 Å². The summed E-state index contributed by atoms with van der Waals surface area (Å²) in [6.07, 6.45) is 0.879. The molecule has 19 heavy (non-hydrogen) atoms. The summed E-state index contributed by atoms with van der Waals surface area (Å²) in [4.78, 5) is 22.5. The zero-order chi connectivity index (χ0) is 14.6. The highest BCUT2D eigenvalue weighted by molar-refractivity contribution is 7.89. The standard InChI is InChI=1S/C12H14N2O4S/c1-4-11(15)13-12(16)14(3)19(17,18)10-7-5-9(2)6-8-10/h4-8H,1H2,2-3H3,(H,13,15,16). The Balaban J connectivity index is 3.00. The molecule has 6 nitrogen and oxygen atoms in total. The molecule has 1 aromatic carbocycles. The molecule has 0 saturated carbocycles. The minimum Gasteiger partial charge on any atom is -0.274 e. The van der Waals surface area contributed by atoms with Crippen molar-refractivity contribution in [2.45, 2.75) is 11.8 Å². The molecule has 1 aromatic rings. The summed E-state index contributed by atoms with van der Waals surface area (Å²) in [5.41, 5.74) is 0.896. The lowest BCUT2D eigenvalue weighted by molar-refractivity contribution is -0.115. The summed E-state index contributed by atoms with van der Waals surface area (Å²) >= 11 is 0. The van der Waals surface area contributed by atoms with Gasteiger partial charge in [0, 0.05) is 7.05 Å². The molecule has 0 atom stereocenters. The Morgan fingerprint density at radius 2 is 1.79 bits per heavy atom. The second-order valence-corrected chi connectivity index (χ2v) is 5.75. The molecule has 0 spiro atoms. The van der Waals surface area contributed by atoms with Gasteiger partial charge < -0.3 is 0 Å². The Morgan fingerprint density at radius 1 is 1.26 bits per heavy atom. The Hall–Kier alpha value is -2.15. The van der Waals surface area contributed by atoms with Crippen molar-refractivity contribution in [1.82, 2.24) is 9.62 Å². The van der Waals surface area contributed by atoms with E-state index in [1.54, 1.807) is 12.1 Å². The first-order valence-corrected chi connectivity index (χ1v) is 6.76. The number of carbonyl (C=O) groups is 2. The molecule has 0 aliphatic rings. The van der Waals surface area contributed by atoms with Crippen molar-refractivity contribution in [3.8, 4) is 0 Å². The quantitative estimate of drug-likeness (QED) is 0.839. The highest BCUT2D eigenvalue weighted by atomic mass is 32.2. The van der Waals surface area contributed by atoms with E-state index in [1.165, 1.54) is 12.1 Å². The predicted octanol–water partition coefficient (Wildman–Crippen LogP) is 1.04. The minimum atomic E-state index is -3.97. The van der Waals surface area contributed by atoms with Gasteiger partial charge in [0.2, 0.25) is 0 Å². The van der Waals surface area contributed by atoms with E-state index in [9.17, 15) is 18.0 Å². The topological polar surface area (TPSA) is 83.6 Å². The van der Waals surface area contributed by atoms with E-state index in [0.717, 1.165) is 18.7 Å². The average molecular weight is 282 g/mol. The van der Waals surface area contributed by atoms with Gasteiger partial charge in [-0.25, -0.2) is 17.5 Å². The number of hydrogen-bond acceptors (Lipinski definition) is 4. The van der Waals surface area contributed by atoms with E-state index >= 15 is 0 Å². The maximum atomic E-state index is 12.1. The molecule has 0 heterocycles. The Bertz CT molecular complexity index is 605. The van der Waals surface area contributed by atoms with Gasteiger partial charge in [0.25, 0.3) is 15.9 Å². The average Bonchev–Trinajstić information content (AvgIpc) is 2.38. The lowest BCUT2D eigenvalue weighted by atomic mass is 10.2. The number of benzene rings is 1. The zero-order valence-corrected chi connectivity index (χ0v) is 11.4. The van der Waals surface area contributed by atoms with Crippen molar-refractivity contribution in [2.24, 2.45) is 0 Å². The largest absolute Gasteiger partial charge is 0.337 e. The van der Waals surface area contributed by atoms with E-state index in [1.807, 2.05) is 12.2 Å². The molecule has 0 aliphatic heterocycles. The first kappa shape index (κ1) is 14.9. The van der Waals surface area contributed by atoms with E-state index in [0.29, 0.717) is 4.31 Å². The van der Waals surface area contributed by atoms with Crippen LogP contribution in [-0.2, 0) is 14.8 Å². The molecule has 0 aliphatic carbocycles. The fourth-order valence-corrected chi connectivity index (χ4v) is 2.27. The van der Waals surface area contributed by atoms with Crippen molar-refractivity contribution >= 4 is 22.0 Å². The number of aryl methyl sites for hydroxylation is 1. The number of urea groups is 1. The van der Waals surface area contributed by atoms with Crippen LogP contribution in [0.2, 0.25) is 0 Å². The molecule has 3 amide bonds. The molecule has 1 N–H and O–H groups in total. The second-order valence-electron chi connectivity index (χ2n) is 3.78. The van der Waals surface area contributed by atoms with Crippen LogP contribution in [0.25, 0.3) is 0 Å². The van der Waals surface area contributed by atoms with Crippen LogP contribution in [0, 0.1) is 6.92 Å². The lowest BCUT2D eigenvalue weighted by Crippen LogP contribution is -2.43. The van der Waals surface area contributed by atoms with Crippen molar-refractivity contribution in [1.29, 1.82) is 0 Å². The van der Waals surface area contributed by atoms with Gasteiger partial charge in [-0.05, 0) is 25.1 Å². The van der Waals surface area contributed by atoms with Crippen LogP contribution in [0.15, 0.2) is 41.8 Å². The molecule has 0 aromatic heterocycles. The van der Waals surface area contributed by atoms with Gasteiger partial charge >= 0.3 is 6.03 Å². The Labute approximate surface area is 111 Å². The molecule has 1 rings (SSSR count). The van der Waals surface area contributed by atoms with Gasteiger partial charge in [0.1, 0.15) is 0 Å². The van der Waals surface area contributed by atoms with E-state index in [-0.39, 0.29) is 4.90 Å². The van der Waals surface area contributed by atoms with Crippen LogP contribution in [0.5, 0.6) is 0 Å². The predicted molar refractivity (Wildman–Crippen MR) is 69.9 cm³/mol. The normalized spacial score (nSPS) is 10.6. The SMILES string of the molecule is C=CC(=O)NC(=O)N(C)S(=O)(=O)c1ccc(C)cc1. The molecule has 0 saturated heterocycles. The highest BCUT2D eigenvalue weighted by Gasteiger charge is 2.26. The summed E-state index contributed by atoms with van der Waals surface area (Å²) in [6, 6.07) is 4.99. The third-order valence-corrected chi connectivity index (χ3v) is 4.14. The molecular formula is C12H14N2O4S. The van der Waals surface area contributed by atoms with E-state index in [2.05, 4.69) is 6.58 Å². The number of sulfonamides is 1. The molecule has 0 unspecified atom stereocenters. The first-order chi connectivity index (χ1) is 8.78. The van der Waals surface area contributed by atoms with Crippen LogP contribution in [0.1, 0.15) is 5.56 Å². The molecule has 102 valence electrons. The summed E-state index contributed by atoms with van der Waals surface area (Å²) in [6.45, 7) is 4.99. The summed E-state index contributed by atoms with van der Waals surface area (Å²) < 4.78 is 24.6. The van der Waals surface area contributed by atoms with Gasteiger partial charge in [-0.3, -0.25) is 10.1 Å². The molecule has 0 bridgehead atoms. The van der Waals surface area contributed by atoms with Crippen molar-refractivity contribution in [2.75, 3.05) is 7.05 Å². The smallest absolute Gasteiger partial charge is 0.274 e. The Morgan fingerprint density at radius 3 is 2.26 bits per heavy atom. The van der Waals surface area contributed by atoms with E-state index < -0.39 is 22.0 Å². The van der Waals surface area contributed by atoms with Crippen molar-refractivity contribution in [3.63, 3.8) is 0 Å². The monoisotopic (exact) mass is 282 g/mol. The van der Waals surface area contributed by atoms with Crippen molar-refractivity contribution in [3.05, 3.63) is 42.5 Å². The summed E-state index contributed by atoms with van der Waals surface area (Å²) in [5.74, 6) is -0.768. The van der Waals surface area contributed by atoms with Gasteiger partial charge in [-0.15, -0.1) is 0 Å². The molecule has 0 fully saturated rings. The zero-order valence-electron chi connectivity index (χ0n) is 10.6. The fourth-order valence-electron chi connectivity index (χ4n) is 1.21. The van der Waals surface area contributed by atoms with Crippen LogP contribution >= 0.6 is 0 Å². The van der Waals surface area contributed by atoms with Crippen molar-refractivity contribution < 1.29 is 18.0 Å². The molecular weight excluding hydrogens is 268 g/mol. The minimum absolute atomic E-state index is 0.0261. The number of rotatable bonds is 3. The van der Waals surface area contributed by atoms with E-state index in [4.69, 9.17) is 0 Å². The van der Waals surface area contributed by atoms with Gasteiger partial charge in [0.05, 0.1) is 4.90 Å². The first-order valence-electron chi connectivity index (χ1n) is 5.32. The molecule has 0 radical (unpaired) electrons. The highest BCUT2D eigenvalue weighted by Crippen LogP contribution is 2.14. The summed E-state index contributed by atoms with van der Waals surface area (Å²) in [5, 5.41) is 1.87. The van der Waals surface area contributed by atoms with Crippen LogP contribution < -0.4 is 5.32 Å². The van der Waals surface area contributed by atoms with Gasteiger partial charge in [0.15, 0.2) is 0 Å². The maximum Gasteiger partial charge on any atom is 0.337 e. The molecule has 7 heteroatoms. The maximum absolute atomic E-state index is 12.1. The van der Waals surface area contributed by atoms with Crippen LogP contribution in [0.4, 0.5) is 4.79 Å². The number of hydrogen-bond donors (Lipinski definition) is 1. The number of nitrogens with one attached hydrogen (secondary N) is 1.